The Kier molecular flexibility index (Phi) is 5.26. The summed E-state index contributed by atoms with van der Waals surface area (Å²) in [6.07, 6.45) is 2.36. The van der Waals surface area contributed by atoms with Gasteiger partial charge in [-0.25, -0.2) is 4.79 Å². The smallest absolute Gasteiger partial charge is 0.336 e. The van der Waals surface area contributed by atoms with Crippen LogP contribution in [0.3, 0.4) is 0 Å². The van der Waals surface area contributed by atoms with Crippen LogP contribution in [0.25, 0.3) is 22.0 Å². The molecule has 1 heterocycles. The molecule has 0 unspecified atom stereocenters. The molecule has 1 N–H and O–H groups in total. The predicted octanol–water partition coefficient (Wildman–Crippen LogP) is 4.02. The van der Waals surface area contributed by atoms with E-state index in [1.54, 1.807) is 7.11 Å². The molecule has 5 heteroatoms. The van der Waals surface area contributed by atoms with Gasteiger partial charge in [0.25, 0.3) is 0 Å². The number of aromatic carboxylic acids is 1. The van der Waals surface area contributed by atoms with Gasteiger partial charge in [0.05, 0.1) is 17.7 Å². The van der Waals surface area contributed by atoms with Crippen LogP contribution in [0, 0.1) is 0 Å². The van der Waals surface area contributed by atoms with E-state index in [1.807, 2.05) is 42.5 Å². The maximum Gasteiger partial charge on any atom is 0.336 e. The lowest BCUT2D eigenvalue weighted by Crippen LogP contribution is -2.01. The van der Waals surface area contributed by atoms with Gasteiger partial charge in [-0.2, -0.15) is 0 Å². The van der Waals surface area contributed by atoms with E-state index in [1.165, 1.54) is 12.3 Å². The van der Waals surface area contributed by atoms with Crippen LogP contribution in [-0.2, 0) is 4.74 Å². The first kappa shape index (κ1) is 16.9. The van der Waals surface area contributed by atoms with Crippen LogP contribution in [0.2, 0.25) is 0 Å². The van der Waals surface area contributed by atoms with Crippen molar-refractivity contribution in [2.75, 3.05) is 20.3 Å². The lowest BCUT2D eigenvalue weighted by atomic mass is 10.0. The molecule has 0 aliphatic rings. The Hall–Kier alpha value is -2.92. The quantitative estimate of drug-likeness (QED) is 0.660. The highest BCUT2D eigenvalue weighted by Crippen LogP contribution is 2.27. The molecule has 0 aliphatic carbocycles. The minimum atomic E-state index is -0.954. The number of fused-ring (bicyclic) bond motifs is 1. The highest BCUT2D eigenvalue weighted by molar-refractivity contribution is 6.03. The van der Waals surface area contributed by atoms with Gasteiger partial charge in [0.2, 0.25) is 0 Å². The van der Waals surface area contributed by atoms with E-state index in [0.29, 0.717) is 24.1 Å². The third-order valence-corrected chi connectivity index (χ3v) is 3.92. The summed E-state index contributed by atoms with van der Waals surface area (Å²) in [5.41, 5.74) is 2.85. The number of hydrogen-bond donors (Lipinski definition) is 1. The van der Waals surface area contributed by atoms with Crippen molar-refractivity contribution in [3.63, 3.8) is 0 Å². The first-order valence-corrected chi connectivity index (χ1v) is 8.03. The molecule has 3 aromatic rings. The lowest BCUT2D eigenvalue weighted by molar-refractivity contribution is 0.0699. The lowest BCUT2D eigenvalue weighted by Gasteiger charge is -2.08. The molecule has 1 aromatic heterocycles. The van der Waals surface area contributed by atoms with Crippen LogP contribution in [0.15, 0.2) is 54.7 Å². The van der Waals surface area contributed by atoms with Gasteiger partial charge >= 0.3 is 5.97 Å². The standard InChI is InChI=1S/C20H19NO4/c1-24-11-2-12-25-16-6-3-14(4-7-16)15-5-8-19-18(13-15)17(20(22)23)9-10-21-19/h3-10,13H,2,11-12H2,1H3,(H,22,23). The van der Waals surface area contributed by atoms with Crippen LogP contribution in [-0.4, -0.2) is 36.4 Å². The zero-order chi connectivity index (χ0) is 17.6. The van der Waals surface area contributed by atoms with Gasteiger partial charge in [0.1, 0.15) is 5.75 Å². The van der Waals surface area contributed by atoms with Gasteiger partial charge in [-0.1, -0.05) is 18.2 Å². The zero-order valence-electron chi connectivity index (χ0n) is 13.9. The van der Waals surface area contributed by atoms with Crippen LogP contribution in [0.5, 0.6) is 5.75 Å². The average Bonchev–Trinajstić information content (AvgIpc) is 2.64. The van der Waals surface area contributed by atoms with Crippen LogP contribution in [0.4, 0.5) is 0 Å². The summed E-state index contributed by atoms with van der Waals surface area (Å²) in [6, 6.07) is 14.9. The predicted molar refractivity (Wildman–Crippen MR) is 96.1 cm³/mol. The van der Waals surface area contributed by atoms with Crippen molar-refractivity contribution in [1.29, 1.82) is 0 Å². The number of benzene rings is 2. The van der Waals surface area contributed by atoms with Crippen molar-refractivity contribution >= 4 is 16.9 Å². The summed E-state index contributed by atoms with van der Waals surface area (Å²) in [6.45, 7) is 1.28. The Morgan fingerprint density at radius 1 is 1.04 bits per heavy atom. The molecule has 5 nitrogen and oxygen atoms in total. The van der Waals surface area contributed by atoms with Crippen molar-refractivity contribution in [3.8, 4) is 16.9 Å². The third kappa shape index (κ3) is 3.95. The molecule has 0 atom stereocenters. The largest absolute Gasteiger partial charge is 0.494 e. The number of nitrogens with zero attached hydrogens (tertiary/aromatic N) is 1. The number of rotatable bonds is 7. The highest BCUT2D eigenvalue weighted by Gasteiger charge is 2.10. The maximum absolute atomic E-state index is 11.4. The normalized spacial score (nSPS) is 10.8. The van der Waals surface area contributed by atoms with Crippen molar-refractivity contribution in [2.24, 2.45) is 0 Å². The molecule has 3 rings (SSSR count). The number of methoxy groups -OCH3 is 1. The molecule has 0 spiro atoms. The maximum atomic E-state index is 11.4. The topological polar surface area (TPSA) is 68.7 Å². The SMILES string of the molecule is COCCCOc1ccc(-c2ccc3nccc(C(=O)O)c3c2)cc1. The molecule has 0 aliphatic heterocycles. The van der Waals surface area contributed by atoms with Crippen LogP contribution < -0.4 is 4.74 Å². The number of carboxylic acid groups (broad SMARTS) is 1. The van der Waals surface area contributed by atoms with E-state index in [-0.39, 0.29) is 5.56 Å². The Bertz CT molecular complexity index is 875. The van der Waals surface area contributed by atoms with E-state index in [4.69, 9.17) is 9.47 Å². The molecule has 128 valence electrons. The van der Waals surface area contributed by atoms with Gasteiger partial charge < -0.3 is 14.6 Å². The summed E-state index contributed by atoms with van der Waals surface area (Å²) in [4.78, 5) is 15.6. The monoisotopic (exact) mass is 337 g/mol. The third-order valence-electron chi connectivity index (χ3n) is 3.92. The Morgan fingerprint density at radius 3 is 2.52 bits per heavy atom. The molecule has 2 aromatic carbocycles. The minimum absolute atomic E-state index is 0.255. The van der Waals surface area contributed by atoms with Crippen molar-refractivity contribution in [1.82, 2.24) is 4.98 Å². The fraction of sp³-hybridized carbons (Fsp3) is 0.200. The summed E-state index contributed by atoms with van der Waals surface area (Å²) >= 11 is 0. The molecule has 0 saturated heterocycles. The Labute approximate surface area is 145 Å². The molecule has 25 heavy (non-hydrogen) atoms. The van der Waals surface area contributed by atoms with Crippen molar-refractivity contribution in [2.45, 2.75) is 6.42 Å². The highest BCUT2D eigenvalue weighted by atomic mass is 16.5. The molecule has 0 bridgehead atoms. The number of carbonyl (C=O) groups is 1. The fourth-order valence-corrected chi connectivity index (χ4v) is 2.65. The molecular weight excluding hydrogens is 318 g/mol. The van der Waals surface area contributed by atoms with E-state index in [2.05, 4.69) is 4.98 Å². The van der Waals surface area contributed by atoms with E-state index in [9.17, 15) is 9.90 Å². The second-order valence-electron chi connectivity index (χ2n) is 5.61. The Balaban J connectivity index is 1.84. The molecular formula is C20H19NO4. The molecule has 0 saturated carbocycles. The van der Waals surface area contributed by atoms with Gasteiger partial charge in [0.15, 0.2) is 0 Å². The number of carboxylic acids is 1. The summed E-state index contributed by atoms with van der Waals surface area (Å²) in [5.74, 6) is -0.155. The van der Waals surface area contributed by atoms with E-state index >= 15 is 0 Å². The second kappa shape index (κ2) is 7.77. The van der Waals surface area contributed by atoms with Gasteiger partial charge in [-0.15, -0.1) is 0 Å². The fourth-order valence-electron chi connectivity index (χ4n) is 2.65. The summed E-state index contributed by atoms with van der Waals surface area (Å²) in [7, 11) is 1.67. The first-order chi connectivity index (χ1) is 12.2. The summed E-state index contributed by atoms with van der Waals surface area (Å²) in [5, 5.41) is 9.98. The second-order valence-corrected chi connectivity index (χ2v) is 5.61. The molecule has 0 radical (unpaired) electrons. The Morgan fingerprint density at radius 2 is 1.80 bits per heavy atom. The van der Waals surface area contributed by atoms with Crippen LogP contribution in [0.1, 0.15) is 16.8 Å². The first-order valence-electron chi connectivity index (χ1n) is 8.03. The van der Waals surface area contributed by atoms with Gasteiger partial charge in [-0.05, 0) is 41.5 Å². The number of aromatic nitrogens is 1. The van der Waals surface area contributed by atoms with Gasteiger partial charge in [-0.3, -0.25) is 4.98 Å². The molecule has 0 amide bonds. The van der Waals surface area contributed by atoms with Crippen molar-refractivity contribution in [3.05, 3.63) is 60.3 Å². The summed E-state index contributed by atoms with van der Waals surface area (Å²) < 4.78 is 10.6. The molecule has 0 fully saturated rings. The van der Waals surface area contributed by atoms with Crippen LogP contribution >= 0.6 is 0 Å². The van der Waals surface area contributed by atoms with E-state index < -0.39 is 5.97 Å². The number of ether oxygens (including phenoxy) is 2. The average molecular weight is 337 g/mol. The van der Waals surface area contributed by atoms with Crippen molar-refractivity contribution < 1.29 is 19.4 Å². The zero-order valence-corrected chi connectivity index (χ0v) is 13.9. The number of hydrogen-bond acceptors (Lipinski definition) is 4. The number of pyridine rings is 1. The van der Waals surface area contributed by atoms with Gasteiger partial charge in [0, 0.05) is 31.7 Å². The van der Waals surface area contributed by atoms with E-state index in [0.717, 1.165) is 23.3 Å². The minimum Gasteiger partial charge on any atom is -0.494 e.